The smallest absolute Gasteiger partial charge is 0.408 e. The molecule has 0 bridgehead atoms. The fourth-order valence-corrected chi connectivity index (χ4v) is 2.92. The minimum Gasteiger partial charge on any atom is -0.481 e. The molecule has 0 fully saturated rings. The summed E-state index contributed by atoms with van der Waals surface area (Å²) in [5.41, 5.74) is 1.30. The topological polar surface area (TPSA) is 116 Å². The molecule has 0 saturated heterocycles. The number of pyridine rings is 1. The van der Waals surface area contributed by atoms with Gasteiger partial charge in [-0.1, -0.05) is 6.08 Å². The Bertz CT molecular complexity index is 969. The number of rotatable bonds is 8. The van der Waals surface area contributed by atoms with E-state index in [-0.39, 0.29) is 11.6 Å². The number of methoxy groups -OCH3 is 1. The van der Waals surface area contributed by atoms with Crippen LogP contribution in [-0.4, -0.2) is 35.8 Å². The average Bonchev–Trinajstić information content (AvgIpc) is 2.71. The molecule has 1 heterocycles. The molecule has 1 amide bonds. The first kappa shape index (κ1) is 23.7. The van der Waals surface area contributed by atoms with Crippen LogP contribution >= 0.6 is 0 Å². The van der Waals surface area contributed by atoms with Crippen molar-refractivity contribution in [2.75, 3.05) is 19.5 Å². The van der Waals surface area contributed by atoms with Gasteiger partial charge in [-0.25, -0.2) is 9.78 Å². The summed E-state index contributed by atoms with van der Waals surface area (Å²) in [5.74, 6) is 0.263. The zero-order valence-corrected chi connectivity index (χ0v) is 18.4. The number of carbonyl (C=O) groups excluding carboxylic acids is 1. The predicted molar refractivity (Wildman–Crippen MR) is 119 cm³/mol. The Morgan fingerprint density at radius 1 is 1.32 bits per heavy atom. The van der Waals surface area contributed by atoms with Gasteiger partial charge in [-0.3, -0.25) is 10.1 Å². The number of alkyl carbamates (subject to hydrolysis) is 1. The average molecular weight is 428 g/mol. The van der Waals surface area contributed by atoms with Gasteiger partial charge in [0.15, 0.2) is 0 Å². The van der Waals surface area contributed by atoms with Gasteiger partial charge in [0.25, 0.3) is 5.69 Å². The summed E-state index contributed by atoms with van der Waals surface area (Å²) in [4.78, 5) is 28.0. The number of carbonyl (C=O) groups is 1. The van der Waals surface area contributed by atoms with E-state index in [1.165, 1.54) is 13.2 Å². The number of hydrogen-bond acceptors (Lipinski definition) is 7. The van der Waals surface area contributed by atoms with E-state index in [0.717, 1.165) is 0 Å². The summed E-state index contributed by atoms with van der Waals surface area (Å²) >= 11 is 0. The largest absolute Gasteiger partial charge is 0.481 e. The zero-order chi connectivity index (χ0) is 23.2. The number of amides is 1. The SMILES string of the molecule is C=CCC(NC(=O)OC(C)(C)C)c1cc(-c2ccc(NC)cc2[N+](=O)[O-])cc(OC)n1. The highest BCUT2D eigenvalue weighted by molar-refractivity contribution is 5.77. The van der Waals surface area contributed by atoms with Crippen LogP contribution in [0.2, 0.25) is 0 Å². The van der Waals surface area contributed by atoms with Gasteiger partial charge in [-0.05, 0) is 51.0 Å². The number of nitro groups is 1. The third kappa shape index (κ3) is 6.43. The van der Waals surface area contributed by atoms with Crippen molar-refractivity contribution in [1.29, 1.82) is 0 Å². The van der Waals surface area contributed by atoms with E-state index in [4.69, 9.17) is 9.47 Å². The number of benzene rings is 1. The second kappa shape index (κ2) is 9.92. The molecule has 0 spiro atoms. The van der Waals surface area contributed by atoms with E-state index in [1.54, 1.807) is 58.2 Å². The lowest BCUT2D eigenvalue weighted by molar-refractivity contribution is -0.384. The molecule has 2 rings (SSSR count). The number of hydrogen-bond donors (Lipinski definition) is 2. The summed E-state index contributed by atoms with van der Waals surface area (Å²) in [6.07, 6.45) is 1.42. The molecule has 0 aliphatic carbocycles. The molecular formula is C22H28N4O5. The minimum absolute atomic E-state index is 0.0635. The molecule has 1 atom stereocenters. The van der Waals surface area contributed by atoms with Gasteiger partial charge >= 0.3 is 6.09 Å². The Balaban J connectivity index is 2.53. The fraction of sp³-hybridized carbons (Fsp3) is 0.364. The lowest BCUT2D eigenvalue weighted by atomic mass is 10.0. The number of nitrogens with zero attached hydrogens (tertiary/aromatic N) is 2. The summed E-state index contributed by atoms with van der Waals surface area (Å²) in [5, 5.41) is 17.3. The second-order valence-corrected chi connectivity index (χ2v) is 7.79. The molecule has 2 aromatic rings. The van der Waals surface area contributed by atoms with E-state index < -0.39 is 22.7 Å². The number of ether oxygens (including phenoxy) is 2. The molecule has 1 aromatic heterocycles. The Kier molecular flexibility index (Phi) is 7.57. The van der Waals surface area contributed by atoms with Gasteiger partial charge in [0, 0.05) is 24.9 Å². The van der Waals surface area contributed by atoms with Crippen molar-refractivity contribution in [2.24, 2.45) is 0 Å². The molecule has 9 heteroatoms. The monoisotopic (exact) mass is 428 g/mol. The van der Waals surface area contributed by atoms with Crippen LogP contribution in [0.1, 0.15) is 38.9 Å². The first-order chi connectivity index (χ1) is 14.6. The van der Waals surface area contributed by atoms with Crippen molar-refractivity contribution in [3.8, 4) is 17.0 Å². The van der Waals surface area contributed by atoms with Crippen molar-refractivity contribution >= 4 is 17.5 Å². The van der Waals surface area contributed by atoms with E-state index in [0.29, 0.717) is 28.9 Å². The third-order valence-electron chi connectivity index (χ3n) is 4.28. The Morgan fingerprint density at radius 2 is 2.03 bits per heavy atom. The maximum absolute atomic E-state index is 12.3. The van der Waals surface area contributed by atoms with Gasteiger partial charge < -0.3 is 20.1 Å². The van der Waals surface area contributed by atoms with E-state index >= 15 is 0 Å². The molecule has 1 unspecified atom stereocenters. The summed E-state index contributed by atoms with van der Waals surface area (Å²) < 4.78 is 10.7. The van der Waals surface area contributed by atoms with Crippen LogP contribution in [-0.2, 0) is 4.74 Å². The van der Waals surface area contributed by atoms with Crippen LogP contribution < -0.4 is 15.4 Å². The highest BCUT2D eigenvalue weighted by atomic mass is 16.6. The fourth-order valence-electron chi connectivity index (χ4n) is 2.92. The Morgan fingerprint density at radius 3 is 2.58 bits per heavy atom. The van der Waals surface area contributed by atoms with Crippen molar-refractivity contribution in [3.05, 3.63) is 58.8 Å². The van der Waals surface area contributed by atoms with Gasteiger partial charge in [0.05, 0.1) is 29.3 Å². The van der Waals surface area contributed by atoms with Gasteiger partial charge in [0.2, 0.25) is 5.88 Å². The standard InChI is InChI=1S/C22H28N4O5/c1-7-8-17(25-21(27)31-22(2,3)4)18-11-14(12-20(24-18)30-6)16-10-9-15(23-5)13-19(16)26(28)29/h7,9-13,17,23H,1,8H2,2-6H3,(H,25,27). The molecule has 2 N–H and O–H groups in total. The van der Waals surface area contributed by atoms with E-state index in [1.807, 2.05) is 0 Å². The van der Waals surface area contributed by atoms with Gasteiger partial charge in [0.1, 0.15) is 5.60 Å². The third-order valence-corrected chi connectivity index (χ3v) is 4.28. The molecule has 166 valence electrons. The van der Waals surface area contributed by atoms with Crippen LogP contribution in [0, 0.1) is 10.1 Å². The lowest BCUT2D eigenvalue weighted by Gasteiger charge is -2.23. The molecule has 0 aliphatic heterocycles. The lowest BCUT2D eigenvalue weighted by Crippen LogP contribution is -2.35. The van der Waals surface area contributed by atoms with Crippen LogP contribution in [0.15, 0.2) is 43.0 Å². The number of anilines is 1. The molecule has 0 saturated carbocycles. The normalized spacial score (nSPS) is 11.9. The summed E-state index contributed by atoms with van der Waals surface area (Å²) in [7, 11) is 3.15. The second-order valence-electron chi connectivity index (χ2n) is 7.79. The van der Waals surface area contributed by atoms with E-state index in [9.17, 15) is 14.9 Å². The maximum atomic E-state index is 12.3. The summed E-state index contributed by atoms with van der Waals surface area (Å²) in [6.45, 7) is 9.05. The molecular weight excluding hydrogens is 400 g/mol. The number of nitro benzene ring substituents is 1. The Labute approximate surface area is 181 Å². The predicted octanol–water partition coefficient (Wildman–Crippen LogP) is 4.85. The molecule has 1 aromatic carbocycles. The molecule has 9 nitrogen and oxygen atoms in total. The van der Waals surface area contributed by atoms with Crippen LogP contribution in [0.4, 0.5) is 16.2 Å². The van der Waals surface area contributed by atoms with Crippen LogP contribution in [0.3, 0.4) is 0 Å². The highest BCUT2D eigenvalue weighted by Gasteiger charge is 2.23. The van der Waals surface area contributed by atoms with Gasteiger partial charge in [-0.15, -0.1) is 6.58 Å². The quantitative estimate of drug-likeness (QED) is 0.351. The van der Waals surface area contributed by atoms with E-state index in [2.05, 4.69) is 22.2 Å². The van der Waals surface area contributed by atoms with Crippen molar-refractivity contribution in [2.45, 2.75) is 38.8 Å². The first-order valence-corrected chi connectivity index (χ1v) is 9.71. The first-order valence-electron chi connectivity index (χ1n) is 9.71. The zero-order valence-electron chi connectivity index (χ0n) is 18.4. The van der Waals surface area contributed by atoms with Crippen molar-refractivity contribution in [1.82, 2.24) is 10.3 Å². The summed E-state index contributed by atoms with van der Waals surface area (Å²) in [6, 6.07) is 7.61. The highest BCUT2D eigenvalue weighted by Crippen LogP contribution is 2.35. The number of aromatic nitrogens is 1. The maximum Gasteiger partial charge on any atom is 0.408 e. The van der Waals surface area contributed by atoms with Crippen LogP contribution in [0.25, 0.3) is 11.1 Å². The van der Waals surface area contributed by atoms with Gasteiger partial charge in [-0.2, -0.15) is 0 Å². The molecule has 0 radical (unpaired) electrons. The molecule has 31 heavy (non-hydrogen) atoms. The molecule has 0 aliphatic rings. The Hall–Kier alpha value is -3.62. The van der Waals surface area contributed by atoms with Crippen molar-refractivity contribution in [3.63, 3.8) is 0 Å². The number of nitrogens with one attached hydrogen (secondary N) is 2. The minimum atomic E-state index is -0.661. The van der Waals surface area contributed by atoms with Crippen molar-refractivity contribution < 1.29 is 19.2 Å². The van der Waals surface area contributed by atoms with Crippen LogP contribution in [0.5, 0.6) is 5.88 Å².